The maximum atomic E-state index is 11.8. The number of ether oxygens (including phenoxy) is 3. The summed E-state index contributed by atoms with van der Waals surface area (Å²) >= 11 is 0. The van der Waals surface area contributed by atoms with Gasteiger partial charge in [0.25, 0.3) is 5.97 Å². The van der Waals surface area contributed by atoms with Gasteiger partial charge in [0.15, 0.2) is 0 Å². The number of benzene rings is 2. The van der Waals surface area contributed by atoms with Crippen molar-refractivity contribution in [2.24, 2.45) is 5.73 Å². The molecule has 0 spiro atoms. The van der Waals surface area contributed by atoms with E-state index in [0.717, 1.165) is 40.5 Å². The van der Waals surface area contributed by atoms with Crippen molar-refractivity contribution in [3.63, 3.8) is 0 Å². The third-order valence-electron chi connectivity index (χ3n) is 6.64. The van der Waals surface area contributed by atoms with Crippen molar-refractivity contribution in [3.05, 3.63) is 47.5 Å². The number of carboxylic acid groups (broad SMARTS) is 1. The molecule has 0 saturated carbocycles. The van der Waals surface area contributed by atoms with Crippen LogP contribution in [0.5, 0.6) is 11.5 Å². The number of aliphatic carboxylic acids is 1. The molecule has 4 unspecified atom stereocenters. The normalized spacial score (nSPS) is 23.0. The summed E-state index contributed by atoms with van der Waals surface area (Å²) in [5.41, 5.74) is 9.18. The molecule has 4 aliphatic rings. The molecule has 0 bridgehead atoms. The van der Waals surface area contributed by atoms with Crippen LogP contribution in [-0.4, -0.2) is 75.5 Å². The van der Waals surface area contributed by atoms with Gasteiger partial charge in [-0.25, -0.2) is 4.79 Å². The van der Waals surface area contributed by atoms with Crippen LogP contribution in [0.1, 0.15) is 64.9 Å². The van der Waals surface area contributed by atoms with Gasteiger partial charge in [-0.3, -0.25) is 4.79 Å². The molecular formula is C29H40B2N2O10. The standard InChI is InChI=1S/C16H22BNO5.C11H14BNO3.C2H4O2/c1-10-9-20-12-7-5-6-11-13(23-17(22-10)14(11)12)8-18-15(19)21-16(2,3)4;1-7-6-14-9-4-2-3-8-10(5-13)16-12(15-7)11(8)9;1-2(3)4/h5-7,10,13H,8-9H2,1-4H3,(H,18,19);2-4,7,10H,5-6,13H2,1H3;1H3,(H,3,4). The predicted octanol–water partition coefficient (Wildman–Crippen LogP) is 2.08. The van der Waals surface area contributed by atoms with Crippen molar-refractivity contribution in [1.29, 1.82) is 0 Å². The zero-order chi connectivity index (χ0) is 31.3. The number of carbonyl (C=O) groups excluding carboxylic acids is 1. The molecule has 4 heterocycles. The topological polar surface area (TPSA) is 157 Å². The van der Waals surface area contributed by atoms with Gasteiger partial charge in [-0.05, 0) is 57.9 Å². The van der Waals surface area contributed by atoms with Crippen molar-refractivity contribution < 1.29 is 47.5 Å². The van der Waals surface area contributed by atoms with Crippen molar-refractivity contribution in [3.8, 4) is 11.5 Å². The molecule has 4 N–H and O–H groups in total. The number of alkyl carbamates (subject to hydrolysis) is 1. The lowest BCUT2D eigenvalue weighted by Gasteiger charge is -2.21. The number of rotatable bonds is 3. The lowest BCUT2D eigenvalue weighted by atomic mass is 9.77. The zero-order valence-corrected chi connectivity index (χ0v) is 25.5. The van der Waals surface area contributed by atoms with Gasteiger partial charge >= 0.3 is 20.3 Å². The van der Waals surface area contributed by atoms with E-state index in [1.807, 2.05) is 71.0 Å². The molecule has 4 aliphatic heterocycles. The van der Waals surface area contributed by atoms with Crippen molar-refractivity contribution in [2.45, 2.75) is 71.6 Å². The van der Waals surface area contributed by atoms with Crippen LogP contribution >= 0.6 is 0 Å². The Hall–Kier alpha value is -3.29. The average Bonchev–Trinajstić information content (AvgIpc) is 3.34. The fourth-order valence-electron chi connectivity index (χ4n) is 4.97. The fourth-order valence-corrected chi connectivity index (χ4v) is 4.97. The number of hydrogen-bond acceptors (Lipinski definition) is 10. The van der Waals surface area contributed by atoms with Gasteiger partial charge < -0.3 is 49.0 Å². The Labute approximate surface area is 252 Å². The summed E-state index contributed by atoms with van der Waals surface area (Å²) in [4.78, 5) is 20.8. The largest absolute Gasteiger partial charge is 0.498 e. The van der Waals surface area contributed by atoms with Crippen LogP contribution < -0.4 is 31.4 Å². The third-order valence-corrected chi connectivity index (χ3v) is 6.64. The summed E-state index contributed by atoms with van der Waals surface area (Å²) in [5.74, 6) is 0.819. The Morgan fingerprint density at radius 2 is 1.37 bits per heavy atom. The SMILES string of the molecule is CC(=O)O.CC1COc2cccc3c2B(O1)OC3CN.CC1COc2cccc3c2B(O1)OC3CNC(=O)OC(C)(C)C. The van der Waals surface area contributed by atoms with E-state index in [2.05, 4.69) is 5.32 Å². The molecule has 12 nitrogen and oxygen atoms in total. The van der Waals surface area contributed by atoms with Crippen LogP contribution in [0.4, 0.5) is 4.79 Å². The molecule has 0 saturated heterocycles. The summed E-state index contributed by atoms with van der Waals surface area (Å²) in [6.45, 7) is 12.3. The third kappa shape index (κ3) is 8.42. The lowest BCUT2D eigenvalue weighted by molar-refractivity contribution is -0.134. The van der Waals surface area contributed by atoms with E-state index >= 15 is 0 Å². The minimum Gasteiger partial charge on any atom is -0.491 e. The fraction of sp³-hybridized carbons (Fsp3) is 0.517. The van der Waals surface area contributed by atoms with Crippen LogP contribution in [-0.2, 0) is 28.1 Å². The first-order chi connectivity index (χ1) is 20.4. The molecule has 4 atom stereocenters. The van der Waals surface area contributed by atoms with Crippen LogP contribution in [0.15, 0.2) is 36.4 Å². The summed E-state index contributed by atoms with van der Waals surface area (Å²) in [6, 6.07) is 11.8. The van der Waals surface area contributed by atoms with Gasteiger partial charge in [0.1, 0.15) is 30.3 Å². The highest BCUT2D eigenvalue weighted by atomic mass is 16.6. The Kier molecular flexibility index (Phi) is 10.6. The minimum absolute atomic E-state index is 0.0294. The quantitative estimate of drug-likeness (QED) is 0.445. The Balaban J connectivity index is 0.000000183. The molecular weight excluding hydrogens is 558 g/mol. The maximum Gasteiger partial charge on any atom is 0.498 e. The summed E-state index contributed by atoms with van der Waals surface area (Å²) in [7, 11) is -0.776. The van der Waals surface area contributed by atoms with E-state index in [-0.39, 0.29) is 31.5 Å². The van der Waals surface area contributed by atoms with Gasteiger partial charge in [-0.2, -0.15) is 0 Å². The second-order valence-corrected chi connectivity index (χ2v) is 11.6. The highest BCUT2D eigenvalue weighted by Gasteiger charge is 2.43. The molecule has 43 heavy (non-hydrogen) atoms. The van der Waals surface area contributed by atoms with Gasteiger partial charge in [0.2, 0.25) is 0 Å². The minimum atomic E-state index is -0.833. The second-order valence-electron chi connectivity index (χ2n) is 11.6. The Bertz CT molecular complexity index is 1290. The maximum absolute atomic E-state index is 11.8. The van der Waals surface area contributed by atoms with Gasteiger partial charge in [0.05, 0.1) is 24.4 Å². The number of carbonyl (C=O) groups is 2. The van der Waals surface area contributed by atoms with E-state index in [0.29, 0.717) is 26.3 Å². The van der Waals surface area contributed by atoms with E-state index in [1.165, 1.54) is 0 Å². The monoisotopic (exact) mass is 598 g/mol. The van der Waals surface area contributed by atoms with E-state index in [1.54, 1.807) is 0 Å². The zero-order valence-electron chi connectivity index (χ0n) is 25.5. The molecule has 1 amide bonds. The van der Waals surface area contributed by atoms with E-state index in [4.69, 9.17) is 48.5 Å². The highest BCUT2D eigenvalue weighted by molar-refractivity contribution is 6.64. The van der Waals surface area contributed by atoms with Crippen molar-refractivity contribution >= 4 is 37.2 Å². The van der Waals surface area contributed by atoms with Gasteiger partial charge in [-0.15, -0.1) is 0 Å². The second kappa shape index (κ2) is 14.0. The number of nitrogens with one attached hydrogen (secondary N) is 1. The number of carboxylic acids is 1. The highest BCUT2D eigenvalue weighted by Crippen LogP contribution is 2.31. The first kappa shape index (κ1) is 32.6. The number of amides is 1. The molecule has 232 valence electrons. The van der Waals surface area contributed by atoms with Crippen molar-refractivity contribution in [2.75, 3.05) is 26.3 Å². The lowest BCUT2D eigenvalue weighted by Crippen LogP contribution is -2.36. The van der Waals surface area contributed by atoms with Gasteiger partial charge in [0, 0.05) is 30.9 Å². The molecule has 0 fully saturated rings. The molecule has 14 heteroatoms. The van der Waals surface area contributed by atoms with E-state index < -0.39 is 24.8 Å². The average molecular weight is 598 g/mol. The molecule has 2 aromatic rings. The molecule has 2 aromatic carbocycles. The first-order valence-electron chi connectivity index (χ1n) is 14.4. The smallest absolute Gasteiger partial charge is 0.491 e. The van der Waals surface area contributed by atoms with E-state index in [9.17, 15) is 4.79 Å². The number of hydrogen-bond donors (Lipinski definition) is 3. The van der Waals surface area contributed by atoms with Crippen LogP contribution in [0.2, 0.25) is 0 Å². The van der Waals surface area contributed by atoms with Crippen LogP contribution in [0.25, 0.3) is 0 Å². The molecule has 0 aliphatic carbocycles. The Morgan fingerprint density at radius 3 is 1.84 bits per heavy atom. The van der Waals surface area contributed by atoms with Crippen LogP contribution in [0, 0.1) is 0 Å². The first-order valence-corrected chi connectivity index (χ1v) is 14.4. The van der Waals surface area contributed by atoms with Gasteiger partial charge in [-0.1, -0.05) is 24.3 Å². The summed E-state index contributed by atoms with van der Waals surface area (Å²) < 4.78 is 40.1. The Morgan fingerprint density at radius 1 is 0.907 bits per heavy atom. The van der Waals surface area contributed by atoms with Crippen molar-refractivity contribution in [1.82, 2.24) is 5.32 Å². The van der Waals surface area contributed by atoms with Crippen LogP contribution in [0.3, 0.4) is 0 Å². The molecule has 0 aromatic heterocycles. The molecule has 0 radical (unpaired) electrons. The predicted molar refractivity (Wildman–Crippen MR) is 160 cm³/mol. The summed E-state index contributed by atoms with van der Waals surface area (Å²) in [6.07, 6.45) is -0.843. The summed E-state index contributed by atoms with van der Waals surface area (Å²) in [5, 5.41) is 10.2. The number of nitrogens with two attached hydrogens (primary N) is 1. The molecule has 6 rings (SSSR count).